The van der Waals surface area contributed by atoms with E-state index in [9.17, 15) is 4.39 Å². The molecule has 0 saturated heterocycles. The number of aryl methyl sites for hydroxylation is 1. The number of benzene rings is 1. The van der Waals surface area contributed by atoms with Gasteiger partial charge in [-0.15, -0.1) is 0 Å². The molecule has 2 rings (SSSR count). The van der Waals surface area contributed by atoms with Gasteiger partial charge in [0.25, 0.3) is 0 Å². The van der Waals surface area contributed by atoms with E-state index in [-0.39, 0.29) is 17.3 Å². The van der Waals surface area contributed by atoms with Crippen LogP contribution in [-0.2, 0) is 0 Å². The fourth-order valence-electron chi connectivity index (χ4n) is 3.32. The fourth-order valence-corrected chi connectivity index (χ4v) is 3.32. The zero-order valence-electron chi connectivity index (χ0n) is 11.7. The molecule has 1 aliphatic rings. The van der Waals surface area contributed by atoms with Gasteiger partial charge in [0.1, 0.15) is 5.82 Å². The second-order valence-electron chi connectivity index (χ2n) is 6.39. The Bertz CT molecular complexity index is 425. The molecule has 100 valence electrons. The lowest BCUT2D eigenvalue weighted by atomic mass is 9.65. The van der Waals surface area contributed by atoms with Crippen molar-refractivity contribution in [3.63, 3.8) is 0 Å². The molecule has 18 heavy (non-hydrogen) atoms. The normalized spacial score (nSPS) is 24.8. The summed E-state index contributed by atoms with van der Waals surface area (Å²) >= 11 is 0. The highest BCUT2D eigenvalue weighted by Gasteiger charge is 2.37. The Labute approximate surface area is 110 Å². The molecule has 2 unspecified atom stereocenters. The largest absolute Gasteiger partial charge is 0.324 e. The molecule has 0 amide bonds. The Morgan fingerprint density at radius 2 is 2.06 bits per heavy atom. The second-order valence-corrected chi connectivity index (χ2v) is 6.39. The molecule has 1 saturated carbocycles. The highest BCUT2D eigenvalue weighted by molar-refractivity contribution is 5.27. The van der Waals surface area contributed by atoms with Gasteiger partial charge in [0.2, 0.25) is 0 Å². The van der Waals surface area contributed by atoms with Crippen molar-refractivity contribution >= 4 is 0 Å². The maximum Gasteiger partial charge on any atom is 0.128 e. The van der Waals surface area contributed by atoms with Crippen molar-refractivity contribution in [1.82, 2.24) is 0 Å². The molecule has 1 aromatic carbocycles. The minimum atomic E-state index is -0.180. The summed E-state index contributed by atoms with van der Waals surface area (Å²) < 4.78 is 13.9. The topological polar surface area (TPSA) is 26.0 Å². The molecular weight excluding hydrogens is 225 g/mol. The summed E-state index contributed by atoms with van der Waals surface area (Å²) in [6, 6.07) is 5.07. The Morgan fingerprint density at radius 3 is 2.72 bits per heavy atom. The predicted molar refractivity (Wildman–Crippen MR) is 73.8 cm³/mol. The average molecular weight is 249 g/mol. The predicted octanol–water partition coefficient (Wildman–Crippen LogP) is 4.35. The van der Waals surface area contributed by atoms with Crippen LogP contribution >= 0.6 is 0 Å². The summed E-state index contributed by atoms with van der Waals surface area (Å²) in [5, 5.41) is 0. The van der Waals surface area contributed by atoms with E-state index in [0.29, 0.717) is 11.5 Å². The van der Waals surface area contributed by atoms with Crippen molar-refractivity contribution < 1.29 is 4.39 Å². The Morgan fingerprint density at radius 1 is 1.33 bits per heavy atom. The Balaban J connectivity index is 2.29. The van der Waals surface area contributed by atoms with Crippen LogP contribution in [0.15, 0.2) is 18.2 Å². The van der Waals surface area contributed by atoms with Gasteiger partial charge in [-0.1, -0.05) is 44.4 Å². The molecule has 0 aliphatic heterocycles. The molecule has 0 aromatic heterocycles. The van der Waals surface area contributed by atoms with Crippen LogP contribution in [0.3, 0.4) is 0 Å². The zero-order valence-corrected chi connectivity index (χ0v) is 11.7. The van der Waals surface area contributed by atoms with E-state index in [2.05, 4.69) is 13.8 Å². The molecule has 2 atom stereocenters. The van der Waals surface area contributed by atoms with Crippen molar-refractivity contribution in [2.24, 2.45) is 17.1 Å². The first-order valence-corrected chi connectivity index (χ1v) is 6.93. The van der Waals surface area contributed by atoms with E-state index in [0.717, 1.165) is 12.0 Å². The van der Waals surface area contributed by atoms with Crippen LogP contribution < -0.4 is 5.73 Å². The lowest BCUT2D eigenvalue weighted by Crippen LogP contribution is -2.36. The molecule has 0 spiro atoms. The van der Waals surface area contributed by atoms with Crippen LogP contribution in [0.25, 0.3) is 0 Å². The van der Waals surface area contributed by atoms with Crippen molar-refractivity contribution in [1.29, 1.82) is 0 Å². The van der Waals surface area contributed by atoms with Gasteiger partial charge in [-0.05, 0) is 37.2 Å². The summed E-state index contributed by atoms with van der Waals surface area (Å²) in [4.78, 5) is 0. The lowest BCUT2D eigenvalue weighted by Gasteiger charge is -2.42. The third kappa shape index (κ3) is 2.59. The maximum absolute atomic E-state index is 13.9. The van der Waals surface area contributed by atoms with Gasteiger partial charge >= 0.3 is 0 Å². The SMILES string of the molecule is Cc1ccc(F)c(C(N)C2CCCCC2(C)C)c1. The minimum absolute atomic E-state index is 0.158. The number of hydrogen-bond acceptors (Lipinski definition) is 1. The van der Waals surface area contributed by atoms with Gasteiger partial charge in [0.05, 0.1) is 0 Å². The van der Waals surface area contributed by atoms with Crippen LogP contribution in [0, 0.1) is 24.1 Å². The standard InChI is InChI=1S/C16H24FN/c1-11-7-8-14(17)12(10-11)15(18)13-6-4-5-9-16(13,2)3/h7-8,10,13,15H,4-6,9,18H2,1-3H3. The molecule has 0 radical (unpaired) electrons. The summed E-state index contributed by atoms with van der Waals surface area (Å²) in [6.45, 7) is 6.52. The first-order chi connectivity index (χ1) is 8.42. The van der Waals surface area contributed by atoms with Gasteiger partial charge in [-0.3, -0.25) is 0 Å². The molecule has 2 N–H and O–H groups in total. The zero-order chi connectivity index (χ0) is 13.3. The van der Waals surface area contributed by atoms with Crippen molar-refractivity contribution in [2.45, 2.75) is 52.5 Å². The molecule has 0 bridgehead atoms. The lowest BCUT2D eigenvalue weighted by molar-refractivity contribution is 0.111. The Kier molecular flexibility index (Phi) is 3.76. The second kappa shape index (κ2) is 5.00. The quantitative estimate of drug-likeness (QED) is 0.828. The first kappa shape index (κ1) is 13.5. The maximum atomic E-state index is 13.9. The van der Waals surface area contributed by atoms with Gasteiger partial charge in [0, 0.05) is 11.6 Å². The van der Waals surface area contributed by atoms with Crippen LogP contribution in [0.2, 0.25) is 0 Å². The highest BCUT2D eigenvalue weighted by Crippen LogP contribution is 2.46. The number of halogens is 1. The van der Waals surface area contributed by atoms with Gasteiger partial charge in [-0.25, -0.2) is 4.39 Å². The van der Waals surface area contributed by atoms with Crippen molar-refractivity contribution in [3.8, 4) is 0 Å². The van der Waals surface area contributed by atoms with E-state index >= 15 is 0 Å². The van der Waals surface area contributed by atoms with Crippen LogP contribution in [0.5, 0.6) is 0 Å². The summed E-state index contributed by atoms with van der Waals surface area (Å²) in [6.07, 6.45) is 4.79. The van der Waals surface area contributed by atoms with Crippen LogP contribution in [-0.4, -0.2) is 0 Å². The summed E-state index contributed by atoms with van der Waals surface area (Å²) in [7, 11) is 0. The van der Waals surface area contributed by atoms with Gasteiger partial charge in [0.15, 0.2) is 0 Å². The van der Waals surface area contributed by atoms with E-state index in [4.69, 9.17) is 5.73 Å². The molecule has 1 nitrogen and oxygen atoms in total. The van der Waals surface area contributed by atoms with E-state index in [1.807, 2.05) is 13.0 Å². The average Bonchev–Trinajstić information content (AvgIpc) is 2.31. The highest BCUT2D eigenvalue weighted by atomic mass is 19.1. The van der Waals surface area contributed by atoms with Gasteiger partial charge in [-0.2, -0.15) is 0 Å². The molecule has 1 aliphatic carbocycles. The third-order valence-corrected chi connectivity index (χ3v) is 4.53. The van der Waals surface area contributed by atoms with E-state index < -0.39 is 0 Å². The van der Waals surface area contributed by atoms with Crippen LogP contribution in [0.4, 0.5) is 4.39 Å². The van der Waals surface area contributed by atoms with E-state index in [1.54, 1.807) is 12.1 Å². The van der Waals surface area contributed by atoms with Gasteiger partial charge < -0.3 is 5.73 Å². The molecule has 1 aromatic rings. The Hall–Kier alpha value is -0.890. The van der Waals surface area contributed by atoms with E-state index in [1.165, 1.54) is 19.3 Å². The molecular formula is C16H24FN. The van der Waals surface area contributed by atoms with Crippen molar-refractivity contribution in [3.05, 3.63) is 35.1 Å². The summed E-state index contributed by atoms with van der Waals surface area (Å²) in [5.74, 6) is 0.219. The summed E-state index contributed by atoms with van der Waals surface area (Å²) in [5.41, 5.74) is 8.36. The number of hydrogen-bond donors (Lipinski definition) is 1. The fraction of sp³-hybridized carbons (Fsp3) is 0.625. The first-order valence-electron chi connectivity index (χ1n) is 6.93. The van der Waals surface area contributed by atoms with Crippen LogP contribution in [0.1, 0.15) is 56.7 Å². The third-order valence-electron chi connectivity index (χ3n) is 4.53. The number of nitrogens with two attached hydrogens (primary N) is 1. The molecule has 1 fully saturated rings. The minimum Gasteiger partial charge on any atom is -0.324 e. The van der Waals surface area contributed by atoms with Crippen molar-refractivity contribution in [2.75, 3.05) is 0 Å². The molecule has 2 heteroatoms. The molecule has 0 heterocycles. The monoisotopic (exact) mass is 249 g/mol. The smallest absolute Gasteiger partial charge is 0.128 e. The number of rotatable bonds is 2.